The van der Waals surface area contributed by atoms with Crippen LogP contribution in [0.5, 0.6) is 5.75 Å². The van der Waals surface area contributed by atoms with E-state index in [0.29, 0.717) is 19.5 Å². The third kappa shape index (κ3) is 3.79. The lowest BCUT2D eigenvalue weighted by atomic mass is 9.73. The van der Waals surface area contributed by atoms with Gasteiger partial charge in [0, 0.05) is 13.1 Å². The van der Waals surface area contributed by atoms with Crippen LogP contribution in [0, 0.1) is 0 Å². The standard InChI is InChI=1S/C28H28N2O4/c1-33-24-15-13-21(14-16-24)19-29-25(23-11-6-3-7-12-23)28(26(29)31)17-8-18-30(28)27(32)34-20-22-9-4-2-5-10-22/h2-7,9-16,25H,8,17-20H2,1H3. The number of methoxy groups -OCH3 is 1. The van der Waals surface area contributed by atoms with Crippen LogP contribution in [0.2, 0.25) is 0 Å². The molecular formula is C28H28N2O4. The Labute approximate surface area is 199 Å². The Bertz CT molecular complexity index is 1150. The van der Waals surface area contributed by atoms with Crippen molar-refractivity contribution in [3.05, 3.63) is 102 Å². The molecule has 2 amide bonds. The fourth-order valence-electron chi connectivity index (χ4n) is 5.26. The summed E-state index contributed by atoms with van der Waals surface area (Å²) in [4.78, 5) is 30.5. The number of carbonyl (C=O) groups is 2. The first-order valence-electron chi connectivity index (χ1n) is 11.6. The van der Waals surface area contributed by atoms with Crippen molar-refractivity contribution in [2.45, 2.75) is 37.6 Å². The maximum absolute atomic E-state index is 13.7. The molecule has 0 bridgehead atoms. The van der Waals surface area contributed by atoms with E-state index in [1.807, 2.05) is 89.8 Å². The third-order valence-corrected chi connectivity index (χ3v) is 6.87. The van der Waals surface area contributed by atoms with Crippen molar-refractivity contribution in [2.75, 3.05) is 13.7 Å². The summed E-state index contributed by atoms with van der Waals surface area (Å²) >= 11 is 0. The number of carbonyl (C=O) groups excluding carboxylic acids is 2. The fourth-order valence-corrected chi connectivity index (χ4v) is 5.26. The first-order valence-corrected chi connectivity index (χ1v) is 11.6. The summed E-state index contributed by atoms with van der Waals surface area (Å²) in [5.74, 6) is 0.754. The highest BCUT2D eigenvalue weighted by Gasteiger charge is 2.67. The average molecular weight is 457 g/mol. The zero-order valence-corrected chi connectivity index (χ0v) is 19.2. The van der Waals surface area contributed by atoms with Gasteiger partial charge >= 0.3 is 6.09 Å². The number of rotatable bonds is 6. The Kier molecular flexibility index (Phi) is 5.97. The van der Waals surface area contributed by atoms with Gasteiger partial charge in [0.25, 0.3) is 5.91 Å². The van der Waals surface area contributed by atoms with Gasteiger partial charge < -0.3 is 14.4 Å². The Balaban J connectivity index is 1.41. The summed E-state index contributed by atoms with van der Waals surface area (Å²) < 4.78 is 10.9. The highest BCUT2D eigenvalue weighted by Crippen LogP contribution is 2.53. The van der Waals surface area contributed by atoms with Crippen molar-refractivity contribution in [1.29, 1.82) is 0 Å². The number of amides is 2. The van der Waals surface area contributed by atoms with E-state index in [2.05, 4.69) is 0 Å². The van der Waals surface area contributed by atoms with Crippen LogP contribution in [0.25, 0.3) is 0 Å². The SMILES string of the molecule is COc1ccc(CN2C(=O)C3(CCCN3C(=O)OCc3ccccc3)C2c2ccccc2)cc1. The van der Waals surface area contributed by atoms with Gasteiger partial charge in [0.15, 0.2) is 0 Å². The van der Waals surface area contributed by atoms with Crippen LogP contribution in [-0.4, -0.2) is 41.0 Å². The van der Waals surface area contributed by atoms with Crippen molar-refractivity contribution < 1.29 is 19.1 Å². The lowest BCUT2D eigenvalue weighted by Crippen LogP contribution is -2.73. The molecule has 174 valence electrons. The maximum Gasteiger partial charge on any atom is 0.411 e. The van der Waals surface area contributed by atoms with Gasteiger partial charge in [-0.15, -0.1) is 0 Å². The third-order valence-electron chi connectivity index (χ3n) is 6.87. The van der Waals surface area contributed by atoms with Gasteiger partial charge in [0.2, 0.25) is 0 Å². The molecule has 3 aromatic rings. The van der Waals surface area contributed by atoms with E-state index in [0.717, 1.165) is 28.9 Å². The molecule has 6 heteroatoms. The van der Waals surface area contributed by atoms with Crippen LogP contribution in [0.3, 0.4) is 0 Å². The number of hydrogen-bond acceptors (Lipinski definition) is 4. The minimum atomic E-state index is -0.901. The molecule has 34 heavy (non-hydrogen) atoms. The molecule has 2 heterocycles. The molecule has 0 aliphatic carbocycles. The van der Waals surface area contributed by atoms with Crippen molar-refractivity contribution in [3.63, 3.8) is 0 Å². The summed E-state index contributed by atoms with van der Waals surface area (Å²) in [6.07, 6.45) is 0.969. The number of nitrogens with zero attached hydrogens (tertiary/aromatic N) is 2. The van der Waals surface area contributed by atoms with Gasteiger partial charge in [-0.1, -0.05) is 72.8 Å². The zero-order valence-electron chi connectivity index (χ0n) is 19.2. The molecule has 0 N–H and O–H groups in total. The van der Waals surface area contributed by atoms with Crippen molar-refractivity contribution >= 4 is 12.0 Å². The van der Waals surface area contributed by atoms with E-state index in [4.69, 9.17) is 9.47 Å². The van der Waals surface area contributed by atoms with Gasteiger partial charge in [-0.25, -0.2) is 4.79 Å². The molecule has 0 radical (unpaired) electrons. The molecule has 5 rings (SSSR count). The van der Waals surface area contributed by atoms with E-state index in [1.165, 1.54) is 0 Å². The monoisotopic (exact) mass is 456 g/mol. The molecule has 1 spiro atoms. The lowest BCUT2D eigenvalue weighted by molar-refractivity contribution is -0.174. The number of benzene rings is 3. The van der Waals surface area contributed by atoms with Crippen LogP contribution in [0.1, 0.15) is 35.6 Å². The molecule has 2 aliphatic heterocycles. The second-order valence-electron chi connectivity index (χ2n) is 8.81. The topological polar surface area (TPSA) is 59.1 Å². The lowest BCUT2D eigenvalue weighted by Gasteiger charge is -2.57. The van der Waals surface area contributed by atoms with Crippen LogP contribution in [0.4, 0.5) is 4.79 Å². The van der Waals surface area contributed by atoms with E-state index in [-0.39, 0.29) is 18.6 Å². The summed E-state index contributed by atoms with van der Waals surface area (Å²) in [5.41, 5.74) is 2.06. The molecule has 2 saturated heterocycles. The van der Waals surface area contributed by atoms with Crippen molar-refractivity contribution in [2.24, 2.45) is 0 Å². The predicted octanol–water partition coefficient (Wildman–Crippen LogP) is 4.95. The molecule has 3 aromatic carbocycles. The molecular weight excluding hydrogens is 428 g/mol. The molecule has 6 nitrogen and oxygen atoms in total. The normalized spacial score (nSPS) is 21.4. The Morgan fingerprint density at radius 2 is 1.62 bits per heavy atom. The quantitative estimate of drug-likeness (QED) is 0.493. The van der Waals surface area contributed by atoms with E-state index in [1.54, 1.807) is 12.0 Å². The molecule has 2 fully saturated rings. The molecule has 2 unspecified atom stereocenters. The second-order valence-corrected chi connectivity index (χ2v) is 8.81. The van der Waals surface area contributed by atoms with E-state index < -0.39 is 11.6 Å². The van der Waals surface area contributed by atoms with Crippen LogP contribution >= 0.6 is 0 Å². The summed E-state index contributed by atoms with van der Waals surface area (Å²) in [6, 6.07) is 27.1. The van der Waals surface area contributed by atoms with Gasteiger partial charge in [-0.2, -0.15) is 0 Å². The predicted molar refractivity (Wildman–Crippen MR) is 128 cm³/mol. The number of likely N-dealkylation sites (tertiary alicyclic amines) is 2. The average Bonchev–Trinajstić information content (AvgIpc) is 3.36. The first kappa shape index (κ1) is 22.0. The minimum Gasteiger partial charge on any atom is -0.497 e. The highest BCUT2D eigenvalue weighted by atomic mass is 16.6. The summed E-state index contributed by atoms with van der Waals surface area (Å²) in [6.45, 7) is 1.17. The van der Waals surface area contributed by atoms with Crippen molar-refractivity contribution in [1.82, 2.24) is 9.80 Å². The Hall–Kier alpha value is -3.80. The van der Waals surface area contributed by atoms with Gasteiger partial charge in [0.05, 0.1) is 13.2 Å². The summed E-state index contributed by atoms with van der Waals surface area (Å²) in [7, 11) is 1.63. The van der Waals surface area contributed by atoms with Gasteiger partial charge in [-0.05, 0) is 41.7 Å². The van der Waals surface area contributed by atoms with Gasteiger partial charge in [-0.3, -0.25) is 9.69 Å². The Morgan fingerprint density at radius 3 is 2.29 bits per heavy atom. The number of β-lactam (4-membered cyclic amide) rings is 1. The minimum absolute atomic E-state index is 0.0219. The molecule has 2 atom stereocenters. The number of ether oxygens (including phenoxy) is 2. The van der Waals surface area contributed by atoms with Crippen molar-refractivity contribution in [3.8, 4) is 5.75 Å². The fraction of sp³-hybridized carbons (Fsp3) is 0.286. The smallest absolute Gasteiger partial charge is 0.411 e. The first-order chi connectivity index (χ1) is 16.6. The van der Waals surface area contributed by atoms with Crippen LogP contribution in [0.15, 0.2) is 84.9 Å². The molecule has 0 saturated carbocycles. The Morgan fingerprint density at radius 1 is 0.941 bits per heavy atom. The second kappa shape index (κ2) is 9.21. The van der Waals surface area contributed by atoms with Crippen LogP contribution in [-0.2, 0) is 22.7 Å². The van der Waals surface area contributed by atoms with Gasteiger partial charge in [0.1, 0.15) is 17.9 Å². The maximum atomic E-state index is 13.7. The van der Waals surface area contributed by atoms with E-state index >= 15 is 0 Å². The van der Waals surface area contributed by atoms with E-state index in [9.17, 15) is 9.59 Å². The largest absolute Gasteiger partial charge is 0.497 e. The van der Waals surface area contributed by atoms with Crippen LogP contribution < -0.4 is 4.74 Å². The molecule has 2 aliphatic rings. The molecule has 0 aromatic heterocycles. The number of hydrogen-bond donors (Lipinski definition) is 0. The highest BCUT2D eigenvalue weighted by molar-refractivity contribution is 5.98. The zero-order chi connectivity index (χ0) is 23.5. The summed E-state index contributed by atoms with van der Waals surface area (Å²) in [5, 5.41) is 0.